The lowest BCUT2D eigenvalue weighted by Gasteiger charge is -2.19. The van der Waals surface area contributed by atoms with E-state index in [1.165, 1.54) is 24.8 Å². The van der Waals surface area contributed by atoms with Crippen molar-refractivity contribution in [2.75, 3.05) is 13.1 Å². The number of hydrogen-bond donors (Lipinski definition) is 0. The molecule has 74 valence electrons. The van der Waals surface area contributed by atoms with Crippen LogP contribution in [0.1, 0.15) is 18.4 Å². The molecule has 1 heteroatoms. The van der Waals surface area contributed by atoms with E-state index in [0.29, 0.717) is 0 Å². The second-order valence-corrected chi connectivity index (χ2v) is 4.25. The summed E-state index contributed by atoms with van der Waals surface area (Å²) in [6.07, 6.45) is 3.85. The molecule has 0 spiro atoms. The Hall–Kier alpha value is -1.11. The molecule has 2 rings (SSSR count). The largest absolute Gasteiger partial charge is 0.242 e. The first-order chi connectivity index (χ1) is 6.84. The van der Waals surface area contributed by atoms with Gasteiger partial charge in [-0.15, -0.1) is 0 Å². The van der Waals surface area contributed by atoms with E-state index in [1.54, 1.807) is 0 Å². The molecule has 0 aromatic heterocycles. The highest BCUT2D eigenvalue weighted by Gasteiger charge is 2.19. The van der Waals surface area contributed by atoms with E-state index >= 15 is 0 Å². The summed E-state index contributed by atoms with van der Waals surface area (Å²) in [5.41, 5.74) is 1.48. The first-order valence-corrected chi connectivity index (χ1v) is 5.44. The van der Waals surface area contributed by atoms with Crippen LogP contribution in [-0.2, 0) is 6.42 Å². The third-order valence-corrected chi connectivity index (χ3v) is 3.07. The van der Waals surface area contributed by atoms with E-state index < -0.39 is 0 Å². The lowest BCUT2D eigenvalue weighted by atomic mass is 9.91. The zero-order chi connectivity index (χ0) is 9.80. The zero-order valence-electron chi connectivity index (χ0n) is 8.65. The number of piperidine rings is 1. The van der Waals surface area contributed by atoms with Crippen molar-refractivity contribution in [1.82, 2.24) is 0 Å². The molecule has 0 N–H and O–H groups in total. The molecule has 1 aromatic carbocycles. The Morgan fingerprint density at radius 1 is 1.14 bits per heavy atom. The Bertz CT molecular complexity index is 292. The van der Waals surface area contributed by atoms with Crippen LogP contribution in [0.15, 0.2) is 30.3 Å². The minimum absolute atomic E-state index is 0.871. The lowest BCUT2D eigenvalue weighted by molar-refractivity contribution is -0.532. The molecule has 1 heterocycles. The first kappa shape index (κ1) is 9.45. The average Bonchev–Trinajstić information content (AvgIpc) is 2.23. The normalized spacial score (nSPS) is 18.4. The quantitative estimate of drug-likeness (QED) is 0.627. The van der Waals surface area contributed by atoms with Crippen LogP contribution >= 0.6 is 0 Å². The highest BCUT2D eigenvalue weighted by molar-refractivity contribution is 5.16. The zero-order valence-corrected chi connectivity index (χ0v) is 8.65. The van der Waals surface area contributed by atoms with Crippen molar-refractivity contribution in [3.05, 3.63) is 35.9 Å². The smallest absolute Gasteiger partial charge is 0.142 e. The van der Waals surface area contributed by atoms with Crippen molar-refractivity contribution in [2.45, 2.75) is 19.3 Å². The maximum absolute atomic E-state index is 3.97. The van der Waals surface area contributed by atoms with Crippen molar-refractivity contribution in [2.24, 2.45) is 5.92 Å². The summed E-state index contributed by atoms with van der Waals surface area (Å²) in [6, 6.07) is 10.8. The van der Waals surface area contributed by atoms with Crippen LogP contribution in [0.2, 0.25) is 0 Å². The molecule has 1 aromatic rings. The van der Waals surface area contributed by atoms with Crippen LogP contribution < -0.4 is 0 Å². The Kier molecular flexibility index (Phi) is 2.97. The van der Waals surface area contributed by atoms with Gasteiger partial charge in [-0.1, -0.05) is 30.3 Å². The molecule has 1 nitrogen and oxygen atoms in total. The van der Waals surface area contributed by atoms with Gasteiger partial charge >= 0.3 is 0 Å². The second-order valence-electron chi connectivity index (χ2n) is 4.25. The average molecular weight is 188 g/mol. The molecule has 0 amide bonds. The first-order valence-electron chi connectivity index (χ1n) is 5.44. The molecule has 14 heavy (non-hydrogen) atoms. The van der Waals surface area contributed by atoms with Gasteiger partial charge in [-0.2, -0.15) is 0 Å². The van der Waals surface area contributed by atoms with E-state index in [4.69, 9.17) is 0 Å². The van der Waals surface area contributed by atoms with E-state index in [-0.39, 0.29) is 0 Å². The van der Waals surface area contributed by atoms with Crippen LogP contribution in [0.5, 0.6) is 0 Å². The molecule has 0 saturated carbocycles. The van der Waals surface area contributed by atoms with Crippen LogP contribution in [0, 0.1) is 5.92 Å². The van der Waals surface area contributed by atoms with Crippen LogP contribution in [-0.4, -0.2) is 24.4 Å². The van der Waals surface area contributed by atoms with E-state index in [2.05, 4.69) is 41.6 Å². The van der Waals surface area contributed by atoms with Crippen LogP contribution in [0.4, 0.5) is 0 Å². The molecule has 1 aliphatic heterocycles. The fourth-order valence-corrected chi connectivity index (χ4v) is 2.14. The summed E-state index contributed by atoms with van der Waals surface area (Å²) in [6.45, 7) is 6.30. The third-order valence-electron chi connectivity index (χ3n) is 3.07. The van der Waals surface area contributed by atoms with Crippen molar-refractivity contribution in [1.29, 1.82) is 0 Å². The van der Waals surface area contributed by atoms with Gasteiger partial charge in [0.05, 0.1) is 0 Å². The highest BCUT2D eigenvalue weighted by atomic mass is 15.0. The summed E-state index contributed by atoms with van der Waals surface area (Å²) < 4.78 is 2.18. The Balaban J connectivity index is 1.89. The molecule has 1 aliphatic rings. The maximum Gasteiger partial charge on any atom is 0.142 e. The van der Waals surface area contributed by atoms with Gasteiger partial charge < -0.3 is 0 Å². The molecule has 0 radical (unpaired) electrons. The molecule has 1 fully saturated rings. The van der Waals surface area contributed by atoms with E-state index in [1.807, 2.05) is 0 Å². The monoisotopic (exact) mass is 188 g/mol. The van der Waals surface area contributed by atoms with Crippen molar-refractivity contribution >= 4 is 6.72 Å². The molecule has 0 unspecified atom stereocenters. The SMILES string of the molecule is C=[N+]1CCC(Cc2ccccc2)CC1. The lowest BCUT2D eigenvalue weighted by Crippen LogP contribution is -2.25. The van der Waals surface area contributed by atoms with Gasteiger partial charge in [0.2, 0.25) is 0 Å². The van der Waals surface area contributed by atoms with Gasteiger partial charge in [0.15, 0.2) is 0 Å². The van der Waals surface area contributed by atoms with Gasteiger partial charge in [-0.05, 0) is 17.9 Å². The molecule has 0 atom stereocenters. The standard InChI is InChI=1S/C13H18N/c1-14-9-7-13(8-10-14)11-12-5-3-2-4-6-12/h2-6,13H,1,7-11H2/q+1. The topological polar surface area (TPSA) is 3.01 Å². The summed E-state index contributed by atoms with van der Waals surface area (Å²) >= 11 is 0. The summed E-state index contributed by atoms with van der Waals surface area (Å²) in [5, 5.41) is 0. The molecule has 1 saturated heterocycles. The Morgan fingerprint density at radius 2 is 1.79 bits per heavy atom. The van der Waals surface area contributed by atoms with Gasteiger partial charge in [-0.25, -0.2) is 4.58 Å². The van der Waals surface area contributed by atoms with Crippen molar-refractivity contribution in [3.63, 3.8) is 0 Å². The number of rotatable bonds is 2. The Morgan fingerprint density at radius 3 is 2.43 bits per heavy atom. The molecular weight excluding hydrogens is 170 g/mol. The number of benzene rings is 1. The fourth-order valence-electron chi connectivity index (χ4n) is 2.14. The van der Waals surface area contributed by atoms with Gasteiger partial charge in [-0.3, -0.25) is 0 Å². The number of hydrogen-bond acceptors (Lipinski definition) is 0. The van der Waals surface area contributed by atoms with Crippen LogP contribution in [0.25, 0.3) is 0 Å². The predicted molar refractivity (Wildman–Crippen MR) is 60.0 cm³/mol. The minimum Gasteiger partial charge on any atom is -0.242 e. The third kappa shape index (κ3) is 2.44. The fraction of sp³-hybridized carbons (Fsp3) is 0.462. The highest BCUT2D eigenvalue weighted by Crippen LogP contribution is 2.19. The van der Waals surface area contributed by atoms with Gasteiger partial charge in [0.1, 0.15) is 19.8 Å². The van der Waals surface area contributed by atoms with Gasteiger partial charge in [0, 0.05) is 12.8 Å². The summed E-state index contributed by atoms with van der Waals surface area (Å²) in [7, 11) is 0. The predicted octanol–water partition coefficient (Wildman–Crippen LogP) is 2.35. The molecule has 0 aliphatic carbocycles. The molecule has 0 bridgehead atoms. The van der Waals surface area contributed by atoms with Crippen LogP contribution in [0.3, 0.4) is 0 Å². The summed E-state index contributed by atoms with van der Waals surface area (Å²) in [5.74, 6) is 0.871. The Labute approximate surface area is 86.1 Å². The molecular formula is C13H18N+. The van der Waals surface area contributed by atoms with E-state index in [0.717, 1.165) is 19.0 Å². The minimum atomic E-state index is 0.871. The summed E-state index contributed by atoms with van der Waals surface area (Å²) in [4.78, 5) is 0. The van der Waals surface area contributed by atoms with E-state index in [9.17, 15) is 0 Å². The van der Waals surface area contributed by atoms with Gasteiger partial charge in [0.25, 0.3) is 0 Å². The maximum atomic E-state index is 3.97. The van der Waals surface area contributed by atoms with Crippen molar-refractivity contribution in [3.8, 4) is 0 Å². The second kappa shape index (κ2) is 4.41. The van der Waals surface area contributed by atoms with Crippen molar-refractivity contribution < 1.29 is 4.58 Å². The number of nitrogens with zero attached hydrogens (tertiary/aromatic N) is 1.